The summed E-state index contributed by atoms with van der Waals surface area (Å²) in [6, 6.07) is 11.4. The molecule has 10 nitrogen and oxygen atoms in total. The molecule has 4 heterocycles. The number of benzene rings is 1. The minimum Gasteiger partial charge on any atom is -0.445 e. The van der Waals surface area contributed by atoms with Gasteiger partial charge in [0.1, 0.15) is 12.4 Å². The zero-order chi connectivity index (χ0) is 23.7. The zero-order valence-electron chi connectivity index (χ0n) is 19.3. The quantitative estimate of drug-likeness (QED) is 0.488. The number of piperazine rings is 1. The van der Waals surface area contributed by atoms with Gasteiger partial charge < -0.3 is 15.4 Å². The van der Waals surface area contributed by atoms with Gasteiger partial charge in [0.25, 0.3) is 0 Å². The van der Waals surface area contributed by atoms with Crippen LogP contribution in [0.3, 0.4) is 0 Å². The predicted octanol–water partition coefficient (Wildman–Crippen LogP) is 2.73. The average molecular weight is 461 g/mol. The summed E-state index contributed by atoms with van der Waals surface area (Å²) in [5.74, 6) is 0.495. The number of nitrogens with two attached hydrogens (primary N) is 1. The summed E-state index contributed by atoms with van der Waals surface area (Å²) in [6.07, 6.45) is 5.14. The van der Waals surface area contributed by atoms with Gasteiger partial charge in [-0.15, -0.1) is 0 Å². The lowest BCUT2D eigenvalue weighted by molar-refractivity contribution is 0.0477. The van der Waals surface area contributed by atoms with Gasteiger partial charge in [-0.1, -0.05) is 37.3 Å². The summed E-state index contributed by atoms with van der Waals surface area (Å²) in [4.78, 5) is 21.8. The van der Waals surface area contributed by atoms with Crippen LogP contribution in [-0.2, 0) is 18.4 Å². The number of carbonyl (C=O) groups excluding carboxylic acids is 1. The molecule has 1 aliphatic heterocycles. The first-order valence-corrected chi connectivity index (χ1v) is 11.4. The average Bonchev–Trinajstić information content (AvgIpc) is 3.49. The Morgan fingerprint density at radius 3 is 2.74 bits per heavy atom. The summed E-state index contributed by atoms with van der Waals surface area (Å²) in [5.41, 5.74) is 10.6. The first-order chi connectivity index (χ1) is 16.5. The number of likely N-dealkylation sites (N-methyl/N-ethyl adjacent to an activating group) is 1. The molecule has 3 aromatic heterocycles. The Labute approximate surface area is 197 Å². The summed E-state index contributed by atoms with van der Waals surface area (Å²) in [6.45, 7) is 4.99. The van der Waals surface area contributed by atoms with E-state index in [9.17, 15) is 4.79 Å². The van der Waals surface area contributed by atoms with Crippen molar-refractivity contribution in [3.05, 3.63) is 66.2 Å². The standard InChI is InChI=1S/C24H28N8O2/c1-3-30-9-10-31(24(33)34-16-17-7-5-4-6-8-17)15-21(30)20-11-22(25)32-23(28-20)19(13-27-32)18-12-26-29(2)14-18/h4-8,11-14,21H,3,9-10,15-16,25H2,1-2H3. The number of hydrogen-bond donors (Lipinski definition) is 1. The monoisotopic (exact) mass is 460 g/mol. The summed E-state index contributed by atoms with van der Waals surface area (Å²) in [7, 11) is 1.87. The highest BCUT2D eigenvalue weighted by atomic mass is 16.6. The Morgan fingerprint density at radius 1 is 1.18 bits per heavy atom. The van der Waals surface area contributed by atoms with Crippen LogP contribution in [0.25, 0.3) is 16.8 Å². The molecule has 5 rings (SSSR count). The predicted molar refractivity (Wildman–Crippen MR) is 128 cm³/mol. The van der Waals surface area contributed by atoms with Crippen LogP contribution in [0.2, 0.25) is 0 Å². The highest BCUT2D eigenvalue weighted by molar-refractivity contribution is 5.77. The molecule has 1 unspecified atom stereocenters. The summed E-state index contributed by atoms with van der Waals surface area (Å²) < 4.78 is 8.96. The molecule has 176 valence electrons. The first-order valence-electron chi connectivity index (χ1n) is 11.4. The minimum absolute atomic E-state index is 0.105. The molecule has 1 atom stereocenters. The molecule has 2 N–H and O–H groups in total. The molecule has 0 radical (unpaired) electrons. The van der Waals surface area contributed by atoms with E-state index in [2.05, 4.69) is 22.0 Å². The van der Waals surface area contributed by atoms with Crippen LogP contribution in [0.1, 0.15) is 24.2 Å². The van der Waals surface area contributed by atoms with Crippen molar-refractivity contribution in [2.75, 3.05) is 31.9 Å². The number of aryl methyl sites for hydroxylation is 1. The van der Waals surface area contributed by atoms with Crippen molar-refractivity contribution in [1.29, 1.82) is 0 Å². The molecule has 0 aliphatic carbocycles. The molecule has 0 bridgehead atoms. The number of anilines is 1. The van der Waals surface area contributed by atoms with Crippen LogP contribution < -0.4 is 5.73 Å². The SMILES string of the molecule is CCN1CCN(C(=O)OCc2ccccc2)CC1c1cc(N)n2ncc(-c3cnn(C)c3)c2n1. The van der Waals surface area contributed by atoms with Crippen molar-refractivity contribution in [2.45, 2.75) is 19.6 Å². The Bertz CT molecular complexity index is 1300. The molecule has 10 heteroatoms. The number of nitrogen functional groups attached to an aromatic ring is 1. The Hall–Kier alpha value is -3.92. The normalized spacial score (nSPS) is 16.8. The molecule has 1 amide bonds. The van der Waals surface area contributed by atoms with E-state index in [1.165, 1.54) is 0 Å². The second kappa shape index (κ2) is 9.14. The lowest BCUT2D eigenvalue weighted by Crippen LogP contribution is -2.50. The van der Waals surface area contributed by atoms with Crippen LogP contribution in [0, 0.1) is 0 Å². The van der Waals surface area contributed by atoms with Gasteiger partial charge in [-0.3, -0.25) is 9.58 Å². The molecule has 1 aliphatic rings. The molecule has 1 fully saturated rings. The molecule has 4 aromatic rings. The zero-order valence-corrected chi connectivity index (χ0v) is 19.3. The van der Waals surface area contributed by atoms with Gasteiger partial charge in [0.2, 0.25) is 0 Å². The van der Waals surface area contributed by atoms with Gasteiger partial charge in [-0.05, 0) is 12.1 Å². The van der Waals surface area contributed by atoms with Crippen molar-refractivity contribution < 1.29 is 9.53 Å². The van der Waals surface area contributed by atoms with Crippen molar-refractivity contribution in [3.63, 3.8) is 0 Å². The molecule has 1 saturated heterocycles. The van der Waals surface area contributed by atoms with Crippen LogP contribution in [0.4, 0.5) is 10.6 Å². The van der Waals surface area contributed by atoms with Gasteiger partial charge in [-0.2, -0.15) is 14.7 Å². The maximum Gasteiger partial charge on any atom is 0.410 e. The molecule has 0 saturated carbocycles. The van der Waals surface area contributed by atoms with Crippen molar-refractivity contribution >= 4 is 17.6 Å². The van der Waals surface area contributed by atoms with E-state index in [1.807, 2.05) is 49.6 Å². The van der Waals surface area contributed by atoms with Crippen molar-refractivity contribution in [3.8, 4) is 11.1 Å². The number of fused-ring (bicyclic) bond motifs is 1. The number of aromatic nitrogens is 5. The van der Waals surface area contributed by atoms with E-state index in [-0.39, 0.29) is 18.7 Å². The second-order valence-corrected chi connectivity index (χ2v) is 8.43. The maximum absolute atomic E-state index is 12.8. The Balaban J connectivity index is 1.41. The lowest BCUT2D eigenvalue weighted by Gasteiger charge is -2.40. The molecule has 34 heavy (non-hydrogen) atoms. The lowest BCUT2D eigenvalue weighted by atomic mass is 10.1. The fourth-order valence-corrected chi connectivity index (χ4v) is 4.40. The first kappa shape index (κ1) is 21.9. The van der Waals surface area contributed by atoms with Crippen molar-refractivity contribution in [1.82, 2.24) is 34.2 Å². The van der Waals surface area contributed by atoms with Gasteiger partial charge in [0, 0.05) is 50.1 Å². The number of amides is 1. The number of nitrogens with zero attached hydrogens (tertiary/aromatic N) is 7. The fraction of sp³-hybridized carbons (Fsp3) is 0.333. The van der Waals surface area contributed by atoms with Crippen LogP contribution in [-0.4, -0.2) is 66.5 Å². The van der Waals surface area contributed by atoms with Gasteiger partial charge in [0.05, 0.1) is 24.1 Å². The topological polar surface area (TPSA) is 107 Å². The molecule has 0 spiro atoms. The second-order valence-electron chi connectivity index (χ2n) is 8.43. The highest BCUT2D eigenvalue weighted by Gasteiger charge is 2.32. The smallest absolute Gasteiger partial charge is 0.410 e. The van der Waals surface area contributed by atoms with Crippen molar-refractivity contribution in [2.24, 2.45) is 7.05 Å². The minimum atomic E-state index is -0.320. The van der Waals surface area contributed by atoms with Crippen LogP contribution >= 0.6 is 0 Å². The van der Waals surface area contributed by atoms with E-state index < -0.39 is 0 Å². The van der Waals surface area contributed by atoms with E-state index >= 15 is 0 Å². The molecular formula is C24H28N8O2. The summed E-state index contributed by atoms with van der Waals surface area (Å²) >= 11 is 0. The van der Waals surface area contributed by atoms with Gasteiger partial charge >= 0.3 is 6.09 Å². The highest BCUT2D eigenvalue weighted by Crippen LogP contribution is 2.29. The third kappa shape index (κ3) is 4.19. The molecular weight excluding hydrogens is 432 g/mol. The van der Waals surface area contributed by atoms with E-state index in [1.54, 1.807) is 26.5 Å². The van der Waals surface area contributed by atoms with E-state index in [0.29, 0.717) is 24.6 Å². The Kier molecular flexibility index (Phi) is 5.89. The Morgan fingerprint density at radius 2 is 2.00 bits per heavy atom. The van der Waals surface area contributed by atoms with Gasteiger partial charge in [0.15, 0.2) is 5.65 Å². The summed E-state index contributed by atoms with van der Waals surface area (Å²) in [5, 5.41) is 8.68. The number of carbonyl (C=O) groups is 1. The fourth-order valence-electron chi connectivity index (χ4n) is 4.40. The van der Waals surface area contributed by atoms with E-state index in [4.69, 9.17) is 15.5 Å². The van der Waals surface area contributed by atoms with Crippen LogP contribution in [0.5, 0.6) is 0 Å². The number of ether oxygens (including phenoxy) is 1. The third-order valence-corrected chi connectivity index (χ3v) is 6.24. The third-order valence-electron chi connectivity index (χ3n) is 6.24. The largest absolute Gasteiger partial charge is 0.445 e. The number of hydrogen-bond acceptors (Lipinski definition) is 7. The number of rotatable bonds is 5. The van der Waals surface area contributed by atoms with Crippen LogP contribution in [0.15, 0.2) is 55.0 Å². The maximum atomic E-state index is 12.8. The van der Waals surface area contributed by atoms with Gasteiger partial charge in [-0.25, -0.2) is 9.78 Å². The van der Waals surface area contributed by atoms with E-state index in [0.717, 1.165) is 35.5 Å². The molecule has 1 aromatic carbocycles.